The number of carbonyl (C=O) groups is 2. The Bertz CT molecular complexity index is 1050. The third-order valence-electron chi connectivity index (χ3n) is 5.17. The van der Waals surface area contributed by atoms with E-state index in [9.17, 15) is 14.0 Å². The highest BCUT2D eigenvalue weighted by atomic mass is 35.5. The molecule has 166 valence electrons. The SMILES string of the molecule is CNC(=O)[C@H](Cc1ccccc1)N(Cc1ccc(Cl)cc1)C(=O)Cc1c(F)cccc1Cl. The van der Waals surface area contributed by atoms with Crippen molar-refractivity contribution in [1.29, 1.82) is 0 Å². The number of nitrogens with zero attached hydrogens (tertiary/aromatic N) is 1. The fraction of sp³-hybridized carbons (Fsp3) is 0.200. The topological polar surface area (TPSA) is 49.4 Å². The van der Waals surface area contributed by atoms with Crippen LogP contribution in [0.25, 0.3) is 0 Å². The maximum Gasteiger partial charge on any atom is 0.242 e. The number of carbonyl (C=O) groups excluding carboxylic acids is 2. The number of nitrogens with one attached hydrogen (secondary N) is 1. The molecule has 7 heteroatoms. The first-order valence-corrected chi connectivity index (χ1v) is 10.9. The molecule has 1 N–H and O–H groups in total. The molecule has 0 aromatic heterocycles. The molecule has 0 fully saturated rings. The second-order valence-corrected chi connectivity index (χ2v) is 8.19. The van der Waals surface area contributed by atoms with Crippen LogP contribution in [0.3, 0.4) is 0 Å². The van der Waals surface area contributed by atoms with E-state index in [0.29, 0.717) is 11.4 Å². The van der Waals surface area contributed by atoms with E-state index in [1.807, 2.05) is 30.3 Å². The van der Waals surface area contributed by atoms with E-state index in [1.165, 1.54) is 30.1 Å². The molecule has 0 spiro atoms. The third-order valence-corrected chi connectivity index (χ3v) is 5.78. The van der Waals surface area contributed by atoms with Crippen LogP contribution in [0, 0.1) is 5.82 Å². The quantitative estimate of drug-likeness (QED) is 0.497. The van der Waals surface area contributed by atoms with Crippen LogP contribution >= 0.6 is 23.2 Å². The van der Waals surface area contributed by atoms with Crippen molar-refractivity contribution in [1.82, 2.24) is 10.2 Å². The van der Waals surface area contributed by atoms with E-state index >= 15 is 0 Å². The van der Waals surface area contributed by atoms with E-state index in [-0.39, 0.29) is 29.5 Å². The monoisotopic (exact) mass is 472 g/mol. The molecule has 0 saturated heterocycles. The van der Waals surface area contributed by atoms with Crippen molar-refractivity contribution in [2.24, 2.45) is 0 Å². The average Bonchev–Trinajstić information content (AvgIpc) is 2.80. The van der Waals surface area contributed by atoms with Gasteiger partial charge in [-0.25, -0.2) is 4.39 Å². The molecule has 2 amide bonds. The van der Waals surface area contributed by atoms with Gasteiger partial charge in [0.15, 0.2) is 0 Å². The molecule has 3 aromatic rings. The Morgan fingerprint density at radius 3 is 2.25 bits per heavy atom. The number of benzene rings is 3. The lowest BCUT2D eigenvalue weighted by atomic mass is 10.0. The van der Waals surface area contributed by atoms with Crippen molar-refractivity contribution in [2.75, 3.05) is 7.05 Å². The van der Waals surface area contributed by atoms with Gasteiger partial charge in [0.05, 0.1) is 6.42 Å². The van der Waals surface area contributed by atoms with Gasteiger partial charge in [-0.3, -0.25) is 9.59 Å². The Hall–Kier alpha value is -2.89. The first-order chi connectivity index (χ1) is 15.4. The molecule has 0 aliphatic carbocycles. The lowest BCUT2D eigenvalue weighted by molar-refractivity contribution is -0.140. The van der Waals surface area contributed by atoms with Gasteiger partial charge >= 0.3 is 0 Å². The van der Waals surface area contributed by atoms with Gasteiger partial charge in [0.25, 0.3) is 0 Å². The van der Waals surface area contributed by atoms with Gasteiger partial charge in [0, 0.05) is 35.6 Å². The molecule has 0 radical (unpaired) electrons. The Kier molecular flexibility index (Phi) is 8.26. The summed E-state index contributed by atoms with van der Waals surface area (Å²) in [5.74, 6) is -1.27. The normalized spacial score (nSPS) is 11.6. The maximum atomic E-state index is 14.4. The average molecular weight is 473 g/mol. The molecule has 0 saturated carbocycles. The molecule has 0 unspecified atom stereocenters. The first-order valence-electron chi connectivity index (χ1n) is 10.1. The zero-order chi connectivity index (χ0) is 23.1. The summed E-state index contributed by atoms with van der Waals surface area (Å²) in [5.41, 5.74) is 1.80. The number of rotatable bonds is 8. The van der Waals surface area contributed by atoms with Gasteiger partial charge < -0.3 is 10.2 Å². The predicted octanol–water partition coefficient (Wildman–Crippen LogP) is 5.06. The van der Waals surface area contributed by atoms with E-state index in [1.54, 1.807) is 24.3 Å². The maximum absolute atomic E-state index is 14.4. The minimum Gasteiger partial charge on any atom is -0.357 e. The van der Waals surface area contributed by atoms with Crippen LogP contribution in [0.15, 0.2) is 72.8 Å². The van der Waals surface area contributed by atoms with Gasteiger partial charge in [-0.1, -0.05) is 71.7 Å². The van der Waals surface area contributed by atoms with Crippen molar-refractivity contribution in [3.05, 3.63) is 105 Å². The summed E-state index contributed by atoms with van der Waals surface area (Å²) >= 11 is 12.1. The number of hydrogen-bond donors (Lipinski definition) is 1. The van der Waals surface area contributed by atoms with Gasteiger partial charge in [-0.05, 0) is 35.4 Å². The Morgan fingerprint density at radius 2 is 1.62 bits per heavy atom. The fourth-order valence-electron chi connectivity index (χ4n) is 3.46. The molecule has 32 heavy (non-hydrogen) atoms. The summed E-state index contributed by atoms with van der Waals surface area (Å²) in [6.07, 6.45) is 0.0478. The number of amides is 2. The van der Waals surface area contributed by atoms with Crippen LogP contribution in [-0.4, -0.2) is 29.8 Å². The summed E-state index contributed by atoms with van der Waals surface area (Å²) in [6, 6.07) is 20.0. The molecule has 4 nitrogen and oxygen atoms in total. The third kappa shape index (κ3) is 6.09. The second-order valence-electron chi connectivity index (χ2n) is 7.34. The van der Waals surface area contributed by atoms with Crippen LogP contribution in [0.2, 0.25) is 10.0 Å². The van der Waals surface area contributed by atoms with E-state index < -0.39 is 17.8 Å². The summed E-state index contributed by atoms with van der Waals surface area (Å²) < 4.78 is 14.4. The standard InChI is InChI=1S/C25H23Cl2FN2O2/c1-29-25(32)23(14-17-6-3-2-4-7-17)30(16-18-10-12-19(26)13-11-18)24(31)15-20-21(27)8-5-9-22(20)28/h2-13,23H,14-16H2,1H3,(H,29,32)/t23-/m0/s1. The summed E-state index contributed by atoms with van der Waals surface area (Å²) in [6.45, 7) is 0.160. The first kappa shape index (κ1) is 23.8. The number of halogens is 3. The van der Waals surface area contributed by atoms with Crippen LogP contribution < -0.4 is 5.32 Å². The van der Waals surface area contributed by atoms with Crippen molar-refractivity contribution < 1.29 is 14.0 Å². The zero-order valence-electron chi connectivity index (χ0n) is 17.5. The second kappa shape index (κ2) is 11.1. The summed E-state index contributed by atoms with van der Waals surface area (Å²) in [4.78, 5) is 27.8. The van der Waals surface area contributed by atoms with Gasteiger partial charge in [0.1, 0.15) is 11.9 Å². The van der Waals surface area contributed by atoms with E-state index in [0.717, 1.165) is 11.1 Å². The highest BCUT2D eigenvalue weighted by Crippen LogP contribution is 2.23. The largest absolute Gasteiger partial charge is 0.357 e. The molecule has 0 aliphatic rings. The molecular weight excluding hydrogens is 450 g/mol. The zero-order valence-corrected chi connectivity index (χ0v) is 19.0. The van der Waals surface area contributed by atoms with Crippen molar-refractivity contribution in [3.63, 3.8) is 0 Å². The van der Waals surface area contributed by atoms with Gasteiger partial charge in [0.2, 0.25) is 11.8 Å². The van der Waals surface area contributed by atoms with Gasteiger partial charge in [-0.2, -0.15) is 0 Å². The molecule has 0 bridgehead atoms. The lowest BCUT2D eigenvalue weighted by Crippen LogP contribution is -2.50. The molecule has 1 atom stereocenters. The van der Waals surface area contributed by atoms with Crippen molar-refractivity contribution >= 4 is 35.0 Å². The summed E-state index contributed by atoms with van der Waals surface area (Å²) in [7, 11) is 1.53. The van der Waals surface area contributed by atoms with Crippen LogP contribution in [0.1, 0.15) is 16.7 Å². The minimum atomic E-state index is -0.795. The Morgan fingerprint density at radius 1 is 0.938 bits per heavy atom. The van der Waals surface area contributed by atoms with Crippen LogP contribution in [0.4, 0.5) is 4.39 Å². The predicted molar refractivity (Wildman–Crippen MR) is 125 cm³/mol. The van der Waals surface area contributed by atoms with E-state index in [4.69, 9.17) is 23.2 Å². The van der Waals surface area contributed by atoms with E-state index in [2.05, 4.69) is 5.32 Å². The van der Waals surface area contributed by atoms with Crippen LogP contribution in [-0.2, 0) is 29.0 Å². The Balaban J connectivity index is 1.97. The molecular formula is C25H23Cl2FN2O2. The lowest BCUT2D eigenvalue weighted by Gasteiger charge is -2.31. The minimum absolute atomic E-state index is 0.107. The highest BCUT2D eigenvalue weighted by molar-refractivity contribution is 6.31. The smallest absolute Gasteiger partial charge is 0.242 e. The molecule has 3 rings (SSSR count). The Labute approximate surface area is 197 Å². The van der Waals surface area contributed by atoms with Crippen molar-refractivity contribution in [3.8, 4) is 0 Å². The summed E-state index contributed by atoms with van der Waals surface area (Å²) in [5, 5.41) is 3.39. The fourth-order valence-corrected chi connectivity index (χ4v) is 3.82. The number of likely N-dealkylation sites (N-methyl/N-ethyl adjacent to an activating group) is 1. The van der Waals surface area contributed by atoms with Crippen molar-refractivity contribution in [2.45, 2.75) is 25.4 Å². The molecule has 0 aliphatic heterocycles. The highest BCUT2D eigenvalue weighted by Gasteiger charge is 2.30. The molecule has 0 heterocycles. The molecule has 3 aromatic carbocycles. The van der Waals surface area contributed by atoms with Gasteiger partial charge in [-0.15, -0.1) is 0 Å². The van der Waals surface area contributed by atoms with Crippen LogP contribution in [0.5, 0.6) is 0 Å². The number of hydrogen-bond acceptors (Lipinski definition) is 2.